The van der Waals surface area contributed by atoms with Crippen molar-refractivity contribution >= 4 is 21.5 Å². The van der Waals surface area contributed by atoms with Crippen LogP contribution in [-0.2, 0) is 23.6 Å². The van der Waals surface area contributed by atoms with E-state index < -0.39 is 10.0 Å². The molecule has 0 fully saturated rings. The van der Waals surface area contributed by atoms with E-state index >= 15 is 0 Å². The van der Waals surface area contributed by atoms with Crippen molar-refractivity contribution in [3.63, 3.8) is 0 Å². The third-order valence-corrected chi connectivity index (χ3v) is 5.45. The maximum atomic E-state index is 12.5. The summed E-state index contributed by atoms with van der Waals surface area (Å²) in [4.78, 5) is 14.5. The molecule has 0 aliphatic carbocycles. The van der Waals surface area contributed by atoms with Crippen LogP contribution < -0.4 is 4.31 Å². The fraction of sp³-hybridized carbons (Fsp3) is 0.353. The SMILES string of the molecule is Cn1cccc1C(=O)CN1CCN(S(C)(=O)=O)c2ccccc2C1. The van der Waals surface area contributed by atoms with Gasteiger partial charge in [-0.05, 0) is 23.8 Å². The van der Waals surface area contributed by atoms with Gasteiger partial charge in [0.25, 0.3) is 0 Å². The zero-order valence-corrected chi connectivity index (χ0v) is 14.7. The summed E-state index contributed by atoms with van der Waals surface area (Å²) in [6, 6.07) is 11.1. The first-order valence-corrected chi connectivity index (χ1v) is 9.63. The molecular formula is C17H21N3O3S. The highest BCUT2D eigenvalue weighted by Crippen LogP contribution is 2.26. The molecule has 0 bridgehead atoms. The Kier molecular flexibility index (Phi) is 4.47. The first-order chi connectivity index (χ1) is 11.4. The van der Waals surface area contributed by atoms with Gasteiger partial charge in [0.1, 0.15) is 0 Å². The van der Waals surface area contributed by atoms with Crippen LogP contribution in [0, 0.1) is 0 Å². The first kappa shape index (κ1) is 16.7. The minimum absolute atomic E-state index is 0.0350. The van der Waals surface area contributed by atoms with E-state index in [0.29, 0.717) is 31.0 Å². The van der Waals surface area contributed by atoms with E-state index in [1.54, 1.807) is 10.6 Å². The highest BCUT2D eigenvalue weighted by Gasteiger charge is 2.26. The van der Waals surface area contributed by atoms with E-state index in [1.165, 1.54) is 10.6 Å². The van der Waals surface area contributed by atoms with Crippen molar-refractivity contribution in [1.29, 1.82) is 0 Å². The number of benzene rings is 1. The van der Waals surface area contributed by atoms with Crippen molar-refractivity contribution in [2.45, 2.75) is 6.54 Å². The molecule has 1 aliphatic rings. The molecule has 0 unspecified atom stereocenters. The zero-order chi connectivity index (χ0) is 17.3. The van der Waals surface area contributed by atoms with Crippen LogP contribution in [0.1, 0.15) is 16.1 Å². The molecule has 2 heterocycles. The van der Waals surface area contributed by atoms with Crippen LogP contribution in [0.4, 0.5) is 5.69 Å². The number of nitrogens with zero attached hydrogens (tertiary/aromatic N) is 3. The van der Waals surface area contributed by atoms with Gasteiger partial charge < -0.3 is 4.57 Å². The third-order valence-electron chi connectivity index (χ3n) is 4.27. The van der Waals surface area contributed by atoms with Crippen molar-refractivity contribution < 1.29 is 13.2 Å². The molecule has 0 amide bonds. The monoisotopic (exact) mass is 347 g/mol. The molecule has 0 spiro atoms. The number of aryl methyl sites for hydroxylation is 1. The number of hydrogen-bond acceptors (Lipinski definition) is 4. The molecule has 6 nitrogen and oxygen atoms in total. The zero-order valence-electron chi connectivity index (χ0n) is 13.8. The number of hydrogen-bond donors (Lipinski definition) is 0. The normalized spacial score (nSPS) is 15.8. The number of carbonyl (C=O) groups excluding carboxylic acids is 1. The van der Waals surface area contributed by atoms with Crippen LogP contribution in [0.25, 0.3) is 0 Å². The predicted octanol–water partition coefficient (Wildman–Crippen LogP) is 1.49. The summed E-state index contributed by atoms with van der Waals surface area (Å²) < 4.78 is 27.4. The maximum Gasteiger partial charge on any atom is 0.232 e. The number of fused-ring (bicyclic) bond motifs is 1. The average molecular weight is 347 g/mol. The number of rotatable bonds is 4. The number of sulfonamides is 1. The topological polar surface area (TPSA) is 62.6 Å². The second-order valence-electron chi connectivity index (χ2n) is 6.10. The van der Waals surface area contributed by atoms with Gasteiger partial charge in [0.2, 0.25) is 10.0 Å². The minimum atomic E-state index is -3.35. The van der Waals surface area contributed by atoms with Crippen molar-refractivity contribution in [3.8, 4) is 0 Å². The van der Waals surface area contributed by atoms with Crippen molar-refractivity contribution in [2.75, 3.05) is 30.2 Å². The van der Waals surface area contributed by atoms with Gasteiger partial charge in [-0.15, -0.1) is 0 Å². The Morgan fingerprint density at radius 3 is 2.54 bits per heavy atom. The predicted molar refractivity (Wildman–Crippen MR) is 93.7 cm³/mol. The van der Waals surface area contributed by atoms with Gasteiger partial charge in [-0.2, -0.15) is 0 Å². The number of para-hydroxylation sites is 1. The Bertz CT molecular complexity index is 857. The Hall–Kier alpha value is -2.12. The number of anilines is 1. The lowest BCUT2D eigenvalue weighted by atomic mass is 10.1. The molecule has 0 atom stereocenters. The van der Waals surface area contributed by atoms with Crippen molar-refractivity contribution in [1.82, 2.24) is 9.47 Å². The van der Waals surface area contributed by atoms with E-state index in [1.807, 2.05) is 48.5 Å². The molecule has 1 aromatic carbocycles. The van der Waals surface area contributed by atoms with E-state index in [2.05, 4.69) is 0 Å². The second-order valence-corrected chi connectivity index (χ2v) is 8.01. The van der Waals surface area contributed by atoms with E-state index in [-0.39, 0.29) is 12.3 Å². The van der Waals surface area contributed by atoms with Crippen molar-refractivity contribution in [2.24, 2.45) is 7.05 Å². The minimum Gasteiger partial charge on any atom is -0.348 e. The van der Waals surface area contributed by atoms with Crippen LogP contribution >= 0.6 is 0 Å². The molecule has 24 heavy (non-hydrogen) atoms. The Morgan fingerprint density at radius 1 is 1.12 bits per heavy atom. The summed E-state index contributed by atoms with van der Waals surface area (Å²) in [6.07, 6.45) is 3.06. The van der Waals surface area contributed by atoms with Gasteiger partial charge in [0, 0.05) is 32.9 Å². The van der Waals surface area contributed by atoms with Crippen LogP contribution in [0.5, 0.6) is 0 Å². The fourth-order valence-electron chi connectivity index (χ4n) is 3.07. The molecular weight excluding hydrogens is 326 g/mol. The second kappa shape index (κ2) is 6.41. The van der Waals surface area contributed by atoms with E-state index in [4.69, 9.17) is 0 Å². The quantitative estimate of drug-likeness (QED) is 0.786. The maximum absolute atomic E-state index is 12.5. The summed E-state index contributed by atoms with van der Waals surface area (Å²) in [5.74, 6) is 0.0350. The molecule has 2 aromatic rings. The fourth-order valence-corrected chi connectivity index (χ4v) is 4.02. The van der Waals surface area contributed by atoms with Crippen molar-refractivity contribution in [3.05, 3.63) is 53.9 Å². The number of aromatic nitrogens is 1. The molecule has 7 heteroatoms. The summed E-state index contributed by atoms with van der Waals surface area (Å²) in [5, 5.41) is 0. The summed E-state index contributed by atoms with van der Waals surface area (Å²) in [5.41, 5.74) is 2.28. The smallest absolute Gasteiger partial charge is 0.232 e. The van der Waals surface area contributed by atoms with Crippen LogP contribution in [0.15, 0.2) is 42.6 Å². The summed E-state index contributed by atoms with van der Waals surface area (Å²) in [6.45, 7) is 1.68. The first-order valence-electron chi connectivity index (χ1n) is 7.79. The largest absolute Gasteiger partial charge is 0.348 e. The number of carbonyl (C=O) groups is 1. The molecule has 128 valence electrons. The standard InChI is InChI=1S/C17H21N3O3S/c1-18-9-5-8-16(18)17(21)13-19-10-11-20(24(2,22)23)15-7-4-3-6-14(15)12-19/h3-9H,10-13H2,1-2H3. The summed E-state index contributed by atoms with van der Waals surface area (Å²) in [7, 11) is -1.50. The van der Waals surface area contributed by atoms with Gasteiger partial charge in [-0.1, -0.05) is 18.2 Å². The van der Waals surface area contributed by atoms with Gasteiger partial charge in [0.15, 0.2) is 5.78 Å². The number of Topliss-reactive ketones (excluding diaryl/α,β-unsaturated/α-hetero) is 1. The molecule has 0 N–H and O–H groups in total. The number of ketones is 1. The van der Waals surface area contributed by atoms with Gasteiger partial charge >= 0.3 is 0 Å². The average Bonchev–Trinajstić information content (AvgIpc) is 2.84. The molecule has 0 saturated carbocycles. The highest BCUT2D eigenvalue weighted by atomic mass is 32.2. The van der Waals surface area contributed by atoms with Crippen LogP contribution in [0.3, 0.4) is 0 Å². The molecule has 1 aliphatic heterocycles. The lowest BCUT2D eigenvalue weighted by Crippen LogP contribution is -2.37. The molecule has 0 radical (unpaired) electrons. The molecule has 3 rings (SSSR count). The lowest BCUT2D eigenvalue weighted by molar-refractivity contribution is 0.0921. The van der Waals surface area contributed by atoms with Gasteiger partial charge in [0.05, 0.1) is 24.2 Å². The van der Waals surface area contributed by atoms with E-state index in [9.17, 15) is 13.2 Å². The third kappa shape index (κ3) is 3.37. The van der Waals surface area contributed by atoms with Crippen LogP contribution in [0.2, 0.25) is 0 Å². The van der Waals surface area contributed by atoms with Gasteiger partial charge in [-0.25, -0.2) is 8.42 Å². The highest BCUT2D eigenvalue weighted by molar-refractivity contribution is 7.92. The van der Waals surface area contributed by atoms with E-state index in [0.717, 1.165) is 5.56 Å². The lowest BCUT2D eigenvalue weighted by Gasteiger charge is -2.22. The Balaban J connectivity index is 1.84. The summed E-state index contributed by atoms with van der Waals surface area (Å²) >= 11 is 0. The molecule has 1 aromatic heterocycles. The Morgan fingerprint density at radius 2 is 1.88 bits per heavy atom. The van der Waals surface area contributed by atoms with Crippen LogP contribution in [-0.4, -0.2) is 49.6 Å². The molecule has 0 saturated heterocycles. The Labute approximate surface area is 142 Å². The van der Waals surface area contributed by atoms with Gasteiger partial charge in [-0.3, -0.25) is 14.0 Å².